The average molecular weight is 455 g/mol. The number of anilines is 1. The minimum absolute atomic E-state index is 0.0737. The van der Waals surface area contributed by atoms with E-state index in [0.29, 0.717) is 11.7 Å². The van der Waals surface area contributed by atoms with Crippen molar-refractivity contribution in [3.8, 4) is 11.4 Å². The molecular formula is C20H21F3N4OS2. The van der Waals surface area contributed by atoms with Crippen molar-refractivity contribution in [3.63, 3.8) is 0 Å². The third kappa shape index (κ3) is 4.86. The summed E-state index contributed by atoms with van der Waals surface area (Å²) in [5, 5.41) is 13.5. The van der Waals surface area contributed by atoms with Crippen LogP contribution >= 0.6 is 23.1 Å². The summed E-state index contributed by atoms with van der Waals surface area (Å²) in [6, 6.07) is 4.92. The van der Waals surface area contributed by atoms with Gasteiger partial charge in [-0.1, -0.05) is 30.8 Å². The highest BCUT2D eigenvalue weighted by Crippen LogP contribution is 2.35. The Labute approximate surface area is 180 Å². The summed E-state index contributed by atoms with van der Waals surface area (Å²) >= 11 is 2.80. The maximum Gasteiger partial charge on any atom is 0.418 e. The van der Waals surface area contributed by atoms with Crippen molar-refractivity contribution >= 4 is 34.7 Å². The number of rotatable bonds is 7. The Bertz CT molecular complexity index is 1040. The van der Waals surface area contributed by atoms with Crippen molar-refractivity contribution in [2.75, 3.05) is 11.1 Å². The lowest BCUT2D eigenvalue weighted by Crippen LogP contribution is -2.18. The summed E-state index contributed by atoms with van der Waals surface area (Å²) in [6.45, 7) is 6.79. The van der Waals surface area contributed by atoms with E-state index in [2.05, 4.69) is 15.5 Å². The molecule has 0 unspecified atom stereocenters. The summed E-state index contributed by atoms with van der Waals surface area (Å²) in [7, 11) is 0. The van der Waals surface area contributed by atoms with Crippen molar-refractivity contribution in [2.45, 2.75) is 45.1 Å². The normalized spacial score (nSPS) is 11.7. The van der Waals surface area contributed by atoms with Crippen LogP contribution in [0.5, 0.6) is 0 Å². The molecule has 0 fully saturated rings. The van der Waals surface area contributed by atoms with Crippen molar-refractivity contribution in [3.05, 3.63) is 45.6 Å². The van der Waals surface area contributed by atoms with E-state index in [0.717, 1.165) is 41.2 Å². The number of para-hydroxylation sites is 1. The number of hydrogen-bond acceptors (Lipinski definition) is 5. The minimum atomic E-state index is -4.54. The molecule has 1 N–H and O–H groups in total. The lowest BCUT2D eigenvalue weighted by molar-refractivity contribution is -0.137. The molecular weight excluding hydrogens is 433 g/mol. The van der Waals surface area contributed by atoms with Gasteiger partial charge < -0.3 is 9.88 Å². The van der Waals surface area contributed by atoms with Crippen LogP contribution in [0.3, 0.4) is 0 Å². The summed E-state index contributed by atoms with van der Waals surface area (Å²) in [4.78, 5) is 13.5. The second-order valence-corrected chi connectivity index (χ2v) is 8.69. The van der Waals surface area contributed by atoms with Gasteiger partial charge in [0.1, 0.15) is 0 Å². The zero-order valence-electron chi connectivity index (χ0n) is 16.7. The Morgan fingerprint density at radius 1 is 1.23 bits per heavy atom. The third-order valence-electron chi connectivity index (χ3n) is 4.53. The first-order valence-corrected chi connectivity index (χ1v) is 11.2. The number of nitrogens with zero attached hydrogens (tertiary/aromatic N) is 3. The average Bonchev–Trinajstić information content (AvgIpc) is 3.23. The van der Waals surface area contributed by atoms with E-state index < -0.39 is 17.6 Å². The molecule has 0 aliphatic rings. The molecule has 0 saturated carbocycles. The van der Waals surface area contributed by atoms with Gasteiger partial charge in [0.15, 0.2) is 11.0 Å². The Hall–Kier alpha value is -2.33. The maximum absolute atomic E-state index is 13.1. The monoisotopic (exact) mass is 454 g/mol. The number of halogens is 3. The molecule has 160 valence electrons. The number of thiophene rings is 1. The fourth-order valence-corrected chi connectivity index (χ4v) is 4.54. The number of nitrogens with one attached hydrogen (secondary N) is 1. The van der Waals surface area contributed by atoms with Gasteiger partial charge in [-0.2, -0.15) is 13.2 Å². The van der Waals surface area contributed by atoms with E-state index in [1.54, 1.807) is 11.3 Å². The number of hydrogen-bond donors (Lipinski definition) is 1. The second-order valence-electron chi connectivity index (χ2n) is 6.67. The Morgan fingerprint density at radius 2 is 1.97 bits per heavy atom. The number of thioether (sulfide) groups is 1. The largest absolute Gasteiger partial charge is 0.418 e. The zero-order valence-corrected chi connectivity index (χ0v) is 18.3. The molecule has 10 heteroatoms. The van der Waals surface area contributed by atoms with Gasteiger partial charge in [0.25, 0.3) is 0 Å². The van der Waals surface area contributed by atoms with Crippen molar-refractivity contribution in [1.29, 1.82) is 0 Å². The minimum Gasteiger partial charge on any atom is -0.325 e. The smallest absolute Gasteiger partial charge is 0.325 e. The molecule has 1 aromatic carbocycles. The van der Waals surface area contributed by atoms with Crippen molar-refractivity contribution in [1.82, 2.24) is 14.8 Å². The molecule has 0 bridgehead atoms. The van der Waals surface area contributed by atoms with Gasteiger partial charge in [-0.15, -0.1) is 21.5 Å². The molecule has 1 amide bonds. The number of amides is 1. The fraction of sp³-hybridized carbons (Fsp3) is 0.350. The quantitative estimate of drug-likeness (QED) is 0.460. The molecule has 2 heterocycles. The third-order valence-corrected chi connectivity index (χ3v) is 6.51. The first kappa shape index (κ1) is 22.4. The molecule has 3 rings (SSSR count). The lowest BCUT2D eigenvalue weighted by atomic mass is 10.1. The van der Waals surface area contributed by atoms with Gasteiger partial charge in [0, 0.05) is 22.4 Å². The number of benzene rings is 1. The van der Waals surface area contributed by atoms with Gasteiger partial charge in [-0.3, -0.25) is 4.79 Å². The molecule has 3 aromatic rings. The second kappa shape index (κ2) is 9.22. The summed E-state index contributed by atoms with van der Waals surface area (Å²) < 4.78 is 41.3. The van der Waals surface area contributed by atoms with Crippen LogP contribution in [0.2, 0.25) is 0 Å². The fourth-order valence-electron chi connectivity index (χ4n) is 2.91. The van der Waals surface area contributed by atoms with Gasteiger partial charge in [0.05, 0.1) is 17.0 Å². The molecule has 0 aliphatic heterocycles. The highest BCUT2D eigenvalue weighted by atomic mass is 32.2. The van der Waals surface area contributed by atoms with Crippen LogP contribution in [0.25, 0.3) is 11.4 Å². The van der Waals surface area contributed by atoms with E-state index in [9.17, 15) is 18.0 Å². The van der Waals surface area contributed by atoms with Gasteiger partial charge in [0.2, 0.25) is 5.91 Å². The molecule has 0 spiro atoms. The first-order chi connectivity index (χ1) is 14.2. The Kier molecular flexibility index (Phi) is 6.87. The number of alkyl halides is 3. The molecule has 0 aliphatic carbocycles. The Balaban J connectivity index is 1.75. The highest BCUT2D eigenvalue weighted by Gasteiger charge is 2.33. The lowest BCUT2D eigenvalue weighted by Gasteiger charge is -2.13. The summed E-state index contributed by atoms with van der Waals surface area (Å²) in [6.07, 6.45) is -3.68. The molecule has 2 aromatic heterocycles. The van der Waals surface area contributed by atoms with Gasteiger partial charge in [-0.05, 0) is 38.0 Å². The van der Waals surface area contributed by atoms with Crippen LogP contribution in [-0.4, -0.2) is 26.4 Å². The van der Waals surface area contributed by atoms with E-state index in [1.807, 2.05) is 30.7 Å². The SMILES string of the molecule is CCCn1c(SCC(=O)Nc2ccccc2C(F)(F)F)nnc1-c1csc(C)c1C. The topological polar surface area (TPSA) is 59.8 Å². The molecule has 30 heavy (non-hydrogen) atoms. The van der Waals surface area contributed by atoms with Crippen LogP contribution in [-0.2, 0) is 17.5 Å². The molecule has 0 saturated heterocycles. The number of carbonyl (C=O) groups excluding carboxylic acids is 1. The number of aromatic nitrogens is 3. The van der Waals surface area contributed by atoms with E-state index >= 15 is 0 Å². The van der Waals surface area contributed by atoms with Crippen LogP contribution in [0.4, 0.5) is 18.9 Å². The van der Waals surface area contributed by atoms with Gasteiger partial charge >= 0.3 is 6.18 Å². The maximum atomic E-state index is 13.1. The number of aryl methyl sites for hydroxylation is 1. The van der Waals surface area contributed by atoms with Crippen LogP contribution < -0.4 is 5.32 Å². The van der Waals surface area contributed by atoms with Crippen LogP contribution in [0.1, 0.15) is 29.3 Å². The number of carbonyl (C=O) groups is 1. The predicted molar refractivity (Wildman–Crippen MR) is 114 cm³/mol. The first-order valence-electron chi connectivity index (χ1n) is 9.29. The van der Waals surface area contributed by atoms with Crippen LogP contribution in [0.15, 0.2) is 34.8 Å². The Morgan fingerprint density at radius 3 is 2.60 bits per heavy atom. The molecule has 0 atom stereocenters. The summed E-state index contributed by atoms with van der Waals surface area (Å²) in [5.74, 6) is 0.131. The van der Waals surface area contributed by atoms with Gasteiger partial charge in [-0.25, -0.2) is 0 Å². The van der Waals surface area contributed by atoms with E-state index in [4.69, 9.17) is 0 Å². The van der Waals surface area contributed by atoms with E-state index in [1.165, 1.54) is 23.1 Å². The summed E-state index contributed by atoms with van der Waals surface area (Å²) in [5.41, 5.74) is 1.02. The highest BCUT2D eigenvalue weighted by molar-refractivity contribution is 7.99. The predicted octanol–water partition coefficient (Wildman–Crippen LogP) is 5.78. The van der Waals surface area contributed by atoms with Crippen molar-refractivity contribution < 1.29 is 18.0 Å². The van der Waals surface area contributed by atoms with Crippen LogP contribution in [0, 0.1) is 13.8 Å². The van der Waals surface area contributed by atoms with Crippen molar-refractivity contribution in [2.24, 2.45) is 0 Å². The molecule has 0 radical (unpaired) electrons. The van der Waals surface area contributed by atoms with E-state index in [-0.39, 0.29) is 11.4 Å². The molecule has 5 nitrogen and oxygen atoms in total. The standard InChI is InChI=1S/C20H21F3N4OS2/c1-4-9-27-18(14-10-29-13(3)12(14)2)25-26-19(27)30-11-17(28)24-16-8-6-5-7-15(16)20(21,22)23/h5-8,10H,4,9,11H2,1-3H3,(H,24,28). The zero-order chi connectivity index (χ0) is 21.9.